The van der Waals surface area contributed by atoms with Crippen LogP contribution < -0.4 is 14.8 Å². The zero-order chi connectivity index (χ0) is 20.9. The first-order valence-corrected chi connectivity index (χ1v) is 10.8. The lowest BCUT2D eigenvalue weighted by atomic mass is 9.97. The largest absolute Gasteiger partial charge is 0.497 e. The first-order chi connectivity index (χ1) is 13.9. The molecule has 0 aromatic heterocycles. The van der Waals surface area contributed by atoms with Crippen molar-refractivity contribution in [3.8, 4) is 11.5 Å². The fourth-order valence-electron chi connectivity index (χ4n) is 4.15. The van der Waals surface area contributed by atoms with E-state index in [2.05, 4.69) is 24.1 Å². The van der Waals surface area contributed by atoms with Crippen molar-refractivity contribution in [2.75, 3.05) is 40.5 Å². The molecule has 1 aliphatic carbocycles. The van der Waals surface area contributed by atoms with Crippen LogP contribution in [0.15, 0.2) is 18.2 Å². The maximum atomic E-state index is 12.6. The van der Waals surface area contributed by atoms with E-state index in [0.717, 1.165) is 25.9 Å². The van der Waals surface area contributed by atoms with Crippen LogP contribution in [0.4, 0.5) is 0 Å². The molecular weight excluding hydrogens is 368 g/mol. The quantitative estimate of drug-likeness (QED) is 0.605. The van der Waals surface area contributed by atoms with E-state index >= 15 is 0 Å². The van der Waals surface area contributed by atoms with Gasteiger partial charge >= 0.3 is 0 Å². The molecule has 1 saturated heterocycles. The highest BCUT2D eigenvalue weighted by molar-refractivity contribution is 5.97. The standard InChI is InChI=1S/C23H36N2O4/c1-17(16-23(2)9-10-23)25-12-7-18(8-13-25)29-21-15-19(28-4)5-6-20(21)22(26)24-11-14-27-3/h5-6,15,17-18H,7-14,16H2,1-4H3,(H,24,26)/t17-/m0/s1. The van der Waals surface area contributed by atoms with E-state index in [-0.39, 0.29) is 12.0 Å². The number of ether oxygens (including phenoxy) is 3. The van der Waals surface area contributed by atoms with Crippen molar-refractivity contribution in [3.63, 3.8) is 0 Å². The molecule has 1 aliphatic heterocycles. The molecule has 3 rings (SSSR count). The Morgan fingerprint density at radius 3 is 2.62 bits per heavy atom. The fourth-order valence-corrected chi connectivity index (χ4v) is 4.15. The van der Waals surface area contributed by atoms with Crippen LogP contribution in [0, 0.1) is 5.41 Å². The summed E-state index contributed by atoms with van der Waals surface area (Å²) in [5, 5.41) is 2.87. The summed E-state index contributed by atoms with van der Waals surface area (Å²) in [4.78, 5) is 15.2. The molecule has 1 aromatic carbocycles. The van der Waals surface area contributed by atoms with Crippen molar-refractivity contribution in [3.05, 3.63) is 23.8 Å². The highest BCUT2D eigenvalue weighted by Crippen LogP contribution is 2.49. The van der Waals surface area contributed by atoms with Crippen molar-refractivity contribution in [1.29, 1.82) is 0 Å². The Bertz CT molecular complexity index is 681. The lowest BCUT2D eigenvalue weighted by molar-refractivity contribution is 0.0704. The fraction of sp³-hybridized carbons (Fsp3) is 0.696. The second-order valence-corrected chi connectivity index (χ2v) is 8.83. The van der Waals surface area contributed by atoms with Crippen molar-refractivity contribution >= 4 is 5.91 Å². The van der Waals surface area contributed by atoms with Crippen molar-refractivity contribution in [1.82, 2.24) is 10.2 Å². The smallest absolute Gasteiger partial charge is 0.255 e. The minimum atomic E-state index is -0.150. The minimum absolute atomic E-state index is 0.118. The monoisotopic (exact) mass is 404 g/mol. The average Bonchev–Trinajstić information content (AvgIpc) is 3.45. The number of amides is 1. The van der Waals surface area contributed by atoms with Crippen LogP contribution in [-0.2, 0) is 4.74 Å². The number of hydrogen-bond acceptors (Lipinski definition) is 5. The molecule has 1 saturated carbocycles. The summed E-state index contributed by atoms with van der Waals surface area (Å²) >= 11 is 0. The number of likely N-dealkylation sites (tertiary alicyclic amines) is 1. The molecule has 6 heteroatoms. The number of nitrogens with zero attached hydrogens (tertiary/aromatic N) is 1. The van der Waals surface area contributed by atoms with Crippen LogP contribution in [0.1, 0.15) is 56.3 Å². The number of methoxy groups -OCH3 is 2. The van der Waals surface area contributed by atoms with Gasteiger partial charge in [0.15, 0.2) is 0 Å². The Labute approximate surface area is 174 Å². The predicted molar refractivity (Wildman–Crippen MR) is 114 cm³/mol. The summed E-state index contributed by atoms with van der Waals surface area (Å²) < 4.78 is 16.6. The van der Waals surface area contributed by atoms with Crippen LogP contribution in [-0.4, -0.2) is 63.4 Å². The van der Waals surface area contributed by atoms with Crippen LogP contribution in [0.5, 0.6) is 11.5 Å². The van der Waals surface area contributed by atoms with Gasteiger partial charge in [-0.2, -0.15) is 0 Å². The highest BCUT2D eigenvalue weighted by Gasteiger charge is 2.39. The molecule has 29 heavy (non-hydrogen) atoms. The average molecular weight is 405 g/mol. The van der Waals surface area contributed by atoms with E-state index in [4.69, 9.17) is 14.2 Å². The molecular formula is C23H36N2O4. The van der Waals surface area contributed by atoms with Gasteiger partial charge in [0.1, 0.15) is 17.6 Å². The van der Waals surface area contributed by atoms with Gasteiger partial charge in [-0.05, 0) is 56.6 Å². The van der Waals surface area contributed by atoms with Crippen molar-refractivity contribution in [2.24, 2.45) is 5.41 Å². The second-order valence-electron chi connectivity index (χ2n) is 8.83. The number of hydrogen-bond donors (Lipinski definition) is 1. The van der Waals surface area contributed by atoms with Gasteiger partial charge in [0.2, 0.25) is 0 Å². The zero-order valence-electron chi connectivity index (χ0n) is 18.3. The normalized spacial score (nSPS) is 20.1. The van der Waals surface area contributed by atoms with E-state index in [1.165, 1.54) is 19.3 Å². The predicted octanol–water partition coefficient (Wildman–Crippen LogP) is 3.49. The summed E-state index contributed by atoms with van der Waals surface area (Å²) in [5.41, 5.74) is 1.12. The van der Waals surface area contributed by atoms with Crippen LogP contribution in [0.2, 0.25) is 0 Å². The third kappa shape index (κ3) is 6.09. The van der Waals surface area contributed by atoms with Gasteiger partial charge in [0, 0.05) is 38.9 Å². The molecule has 0 unspecified atom stereocenters. The van der Waals surface area contributed by atoms with Crippen molar-refractivity contribution in [2.45, 2.75) is 58.1 Å². The molecule has 2 aliphatic rings. The summed E-state index contributed by atoms with van der Waals surface area (Å²) in [6, 6.07) is 6.00. The molecule has 0 radical (unpaired) electrons. The zero-order valence-corrected chi connectivity index (χ0v) is 18.3. The summed E-state index contributed by atoms with van der Waals surface area (Å²) in [7, 11) is 3.24. The Hall–Kier alpha value is -1.79. The van der Waals surface area contributed by atoms with Gasteiger partial charge < -0.3 is 24.4 Å². The van der Waals surface area contributed by atoms with Gasteiger partial charge in [-0.1, -0.05) is 6.92 Å². The van der Waals surface area contributed by atoms with E-state index in [9.17, 15) is 4.79 Å². The molecule has 0 bridgehead atoms. The number of piperidine rings is 1. The first-order valence-electron chi connectivity index (χ1n) is 10.8. The van der Waals surface area contributed by atoms with Gasteiger partial charge in [-0.3, -0.25) is 4.79 Å². The number of rotatable bonds is 10. The van der Waals surface area contributed by atoms with Gasteiger partial charge in [0.05, 0.1) is 19.3 Å². The first kappa shape index (κ1) is 21.9. The lowest BCUT2D eigenvalue weighted by Crippen LogP contribution is -2.43. The van der Waals surface area contributed by atoms with Crippen LogP contribution >= 0.6 is 0 Å². The third-order valence-electron chi connectivity index (χ3n) is 6.31. The van der Waals surface area contributed by atoms with E-state index < -0.39 is 0 Å². The van der Waals surface area contributed by atoms with Gasteiger partial charge in [-0.15, -0.1) is 0 Å². The van der Waals surface area contributed by atoms with Crippen molar-refractivity contribution < 1.29 is 19.0 Å². The summed E-state index contributed by atoms with van der Waals surface area (Å²) in [6.45, 7) is 7.79. The Morgan fingerprint density at radius 1 is 1.28 bits per heavy atom. The minimum Gasteiger partial charge on any atom is -0.497 e. The summed E-state index contributed by atoms with van der Waals surface area (Å²) in [5.74, 6) is 1.14. The molecule has 1 amide bonds. The van der Waals surface area contributed by atoms with E-state index in [0.29, 0.717) is 41.7 Å². The van der Waals surface area contributed by atoms with Gasteiger partial charge in [-0.25, -0.2) is 0 Å². The Kier molecular flexibility index (Phi) is 7.41. The number of carbonyl (C=O) groups is 1. The van der Waals surface area contributed by atoms with Crippen LogP contribution in [0.25, 0.3) is 0 Å². The molecule has 1 aromatic rings. The Balaban J connectivity index is 1.58. The summed E-state index contributed by atoms with van der Waals surface area (Å²) in [6.07, 6.45) is 6.11. The maximum Gasteiger partial charge on any atom is 0.255 e. The van der Waals surface area contributed by atoms with Gasteiger partial charge in [0.25, 0.3) is 5.91 Å². The molecule has 0 spiro atoms. The molecule has 6 nitrogen and oxygen atoms in total. The number of carbonyl (C=O) groups excluding carboxylic acids is 1. The maximum absolute atomic E-state index is 12.6. The molecule has 1 heterocycles. The SMILES string of the molecule is COCCNC(=O)c1ccc(OC)cc1OC1CCN([C@@H](C)CC2(C)CC2)CC1. The molecule has 162 valence electrons. The van der Waals surface area contributed by atoms with E-state index in [1.807, 2.05) is 6.07 Å². The number of nitrogens with one attached hydrogen (secondary N) is 1. The topological polar surface area (TPSA) is 60.0 Å². The second kappa shape index (κ2) is 9.81. The molecule has 1 atom stereocenters. The number of benzene rings is 1. The third-order valence-corrected chi connectivity index (χ3v) is 6.31. The van der Waals surface area contributed by atoms with E-state index in [1.54, 1.807) is 26.4 Å². The van der Waals surface area contributed by atoms with Crippen LogP contribution in [0.3, 0.4) is 0 Å². The lowest BCUT2D eigenvalue weighted by Gasteiger charge is -2.37. The molecule has 1 N–H and O–H groups in total. The molecule has 2 fully saturated rings. The Morgan fingerprint density at radius 2 is 2.00 bits per heavy atom. The highest BCUT2D eigenvalue weighted by atomic mass is 16.5.